The Morgan fingerprint density at radius 2 is 2.19 bits per heavy atom. The molecule has 1 amide bonds. The van der Waals surface area contributed by atoms with Crippen molar-refractivity contribution in [3.05, 3.63) is 45.4 Å². The Labute approximate surface area is 152 Å². The molecule has 0 radical (unpaired) electrons. The number of ether oxygens (including phenoxy) is 1. The zero-order chi connectivity index (χ0) is 18.8. The van der Waals surface area contributed by atoms with Crippen LogP contribution in [0.3, 0.4) is 0 Å². The number of carbonyl (C=O) groups is 1. The van der Waals surface area contributed by atoms with E-state index in [4.69, 9.17) is 4.74 Å². The van der Waals surface area contributed by atoms with Gasteiger partial charge in [0.2, 0.25) is 0 Å². The first-order chi connectivity index (χ1) is 12.4. The maximum Gasteiger partial charge on any atom is 0.272 e. The number of aromatic nitrogens is 4. The summed E-state index contributed by atoms with van der Waals surface area (Å²) in [6.07, 6.45) is -0.442. The number of nitrogens with one attached hydrogen (secondary N) is 1. The van der Waals surface area contributed by atoms with Gasteiger partial charge >= 0.3 is 0 Å². The number of hydrogen-bond acceptors (Lipinski definition) is 5. The van der Waals surface area contributed by atoms with Gasteiger partial charge in [0.25, 0.3) is 11.5 Å². The van der Waals surface area contributed by atoms with E-state index in [0.29, 0.717) is 43.5 Å². The molecule has 3 rings (SSSR count). The number of carbonyl (C=O) groups excluding carboxylic acids is 1. The SMILES string of the molecule is CCn1nc(C(C)C)cc1C(=O)N1CCOC(c2nc(C)cc(=O)[nH]2)C1. The molecular formula is C18H25N5O3. The quantitative estimate of drug-likeness (QED) is 0.896. The molecule has 1 aliphatic rings. The highest BCUT2D eigenvalue weighted by Gasteiger charge is 2.29. The fourth-order valence-corrected chi connectivity index (χ4v) is 3.05. The fraction of sp³-hybridized carbons (Fsp3) is 0.556. The summed E-state index contributed by atoms with van der Waals surface area (Å²) in [5.74, 6) is 0.641. The van der Waals surface area contributed by atoms with E-state index >= 15 is 0 Å². The topological polar surface area (TPSA) is 93.1 Å². The van der Waals surface area contributed by atoms with Crippen LogP contribution in [0.5, 0.6) is 0 Å². The molecule has 2 aromatic heterocycles. The molecule has 1 unspecified atom stereocenters. The van der Waals surface area contributed by atoms with E-state index in [2.05, 4.69) is 28.9 Å². The molecule has 0 spiro atoms. The van der Waals surface area contributed by atoms with Gasteiger partial charge in [-0.2, -0.15) is 5.10 Å². The molecule has 0 aliphatic carbocycles. The van der Waals surface area contributed by atoms with E-state index in [1.54, 1.807) is 16.5 Å². The number of nitrogens with zero attached hydrogens (tertiary/aromatic N) is 4. The molecule has 3 heterocycles. The lowest BCUT2D eigenvalue weighted by Crippen LogP contribution is -2.43. The average molecular weight is 359 g/mol. The smallest absolute Gasteiger partial charge is 0.272 e. The lowest BCUT2D eigenvalue weighted by atomic mass is 10.1. The van der Waals surface area contributed by atoms with Crippen molar-refractivity contribution in [1.29, 1.82) is 0 Å². The zero-order valence-corrected chi connectivity index (χ0v) is 15.7. The number of hydrogen-bond donors (Lipinski definition) is 1. The third-order valence-electron chi connectivity index (χ3n) is 4.46. The summed E-state index contributed by atoms with van der Waals surface area (Å²) in [5.41, 5.74) is 1.90. The first kappa shape index (κ1) is 18.3. The summed E-state index contributed by atoms with van der Waals surface area (Å²) in [5, 5.41) is 4.52. The maximum atomic E-state index is 13.0. The second-order valence-electron chi connectivity index (χ2n) is 6.81. The van der Waals surface area contributed by atoms with Crippen molar-refractivity contribution >= 4 is 5.91 Å². The van der Waals surface area contributed by atoms with E-state index in [9.17, 15) is 9.59 Å². The van der Waals surface area contributed by atoms with Crippen LogP contribution < -0.4 is 5.56 Å². The third kappa shape index (κ3) is 3.70. The Hall–Kier alpha value is -2.48. The normalized spacial score (nSPS) is 17.7. The van der Waals surface area contributed by atoms with Gasteiger partial charge < -0.3 is 14.6 Å². The molecule has 1 saturated heterocycles. The maximum absolute atomic E-state index is 13.0. The summed E-state index contributed by atoms with van der Waals surface area (Å²) < 4.78 is 7.49. The molecule has 1 N–H and O–H groups in total. The van der Waals surface area contributed by atoms with Crippen molar-refractivity contribution in [2.75, 3.05) is 19.7 Å². The minimum atomic E-state index is -0.442. The predicted octanol–water partition coefficient (Wildman–Crippen LogP) is 1.63. The Kier molecular flexibility index (Phi) is 5.22. The van der Waals surface area contributed by atoms with E-state index < -0.39 is 6.10 Å². The van der Waals surface area contributed by atoms with E-state index in [1.165, 1.54) is 6.07 Å². The number of morpholine rings is 1. The molecule has 140 valence electrons. The molecule has 1 aliphatic heterocycles. The zero-order valence-electron chi connectivity index (χ0n) is 15.7. The molecular weight excluding hydrogens is 334 g/mol. The van der Waals surface area contributed by atoms with Crippen LogP contribution in [0.4, 0.5) is 0 Å². The Morgan fingerprint density at radius 1 is 1.42 bits per heavy atom. The highest BCUT2D eigenvalue weighted by molar-refractivity contribution is 5.92. The van der Waals surface area contributed by atoms with Crippen LogP contribution in [0.15, 0.2) is 16.9 Å². The highest BCUT2D eigenvalue weighted by atomic mass is 16.5. The highest BCUT2D eigenvalue weighted by Crippen LogP contribution is 2.22. The van der Waals surface area contributed by atoms with Gasteiger partial charge in [-0.3, -0.25) is 14.3 Å². The summed E-state index contributed by atoms with van der Waals surface area (Å²) in [4.78, 5) is 33.5. The van der Waals surface area contributed by atoms with Gasteiger partial charge in [0, 0.05) is 24.8 Å². The molecule has 0 saturated carbocycles. The van der Waals surface area contributed by atoms with Gasteiger partial charge in [-0.25, -0.2) is 4.98 Å². The minimum absolute atomic E-state index is 0.0745. The fourth-order valence-electron chi connectivity index (χ4n) is 3.05. The molecule has 0 bridgehead atoms. The molecule has 0 aromatic carbocycles. The van der Waals surface area contributed by atoms with Crippen LogP contribution in [0.25, 0.3) is 0 Å². The van der Waals surface area contributed by atoms with Crippen molar-refractivity contribution in [3.8, 4) is 0 Å². The van der Waals surface area contributed by atoms with E-state index in [0.717, 1.165) is 5.69 Å². The Morgan fingerprint density at radius 3 is 2.85 bits per heavy atom. The molecule has 26 heavy (non-hydrogen) atoms. The van der Waals surface area contributed by atoms with Crippen LogP contribution in [0.2, 0.25) is 0 Å². The van der Waals surface area contributed by atoms with Crippen molar-refractivity contribution in [1.82, 2.24) is 24.6 Å². The van der Waals surface area contributed by atoms with E-state index in [-0.39, 0.29) is 17.4 Å². The monoisotopic (exact) mass is 359 g/mol. The summed E-state index contributed by atoms with van der Waals surface area (Å²) >= 11 is 0. The standard InChI is InChI=1S/C18H25N5O3/c1-5-23-14(9-13(21-23)11(2)3)18(25)22-6-7-26-15(10-22)17-19-12(4)8-16(24)20-17/h8-9,11,15H,5-7,10H2,1-4H3,(H,19,20,24). The lowest BCUT2D eigenvalue weighted by Gasteiger charge is -2.32. The van der Waals surface area contributed by atoms with Gasteiger partial charge in [-0.1, -0.05) is 13.8 Å². The van der Waals surface area contributed by atoms with Crippen LogP contribution in [-0.2, 0) is 11.3 Å². The Balaban J connectivity index is 1.83. The largest absolute Gasteiger partial charge is 0.367 e. The van der Waals surface area contributed by atoms with Gasteiger partial charge in [-0.05, 0) is 25.8 Å². The number of amides is 1. The lowest BCUT2D eigenvalue weighted by molar-refractivity contribution is -0.0273. The first-order valence-electron chi connectivity index (χ1n) is 8.95. The first-order valence-corrected chi connectivity index (χ1v) is 8.95. The molecule has 1 atom stereocenters. The molecule has 8 nitrogen and oxygen atoms in total. The second-order valence-corrected chi connectivity index (χ2v) is 6.81. The molecule has 1 fully saturated rings. The van der Waals surface area contributed by atoms with Crippen LogP contribution in [-0.4, -0.2) is 50.3 Å². The van der Waals surface area contributed by atoms with Crippen LogP contribution >= 0.6 is 0 Å². The van der Waals surface area contributed by atoms with Gasteiger partial charge in [0.1, 0.15) is 17.6 Å². The summed E-state index contributed by atoms with van der Waals surface area (Å²) in [6.45, 7) is 9.71. The van der Waals surface area contributed by atoms with Crippen molar-refractivity contribution in [2.24, 2.45) is 0 Å². The average Bonchev–Trinajstić information content (AvgIpc) is 3.05. The number of H-pyrrole nitrogens is 1. The number of rotatable bonds is 4. The molecule has 2 aromatic rings. The van der Waals surface area contributed by atoms with Crippen molar-refractivity contribution in [2.45, 2.75) is 46.3 Å². The minimum Gasteiger partial charge on any atom is -0.367 e. The van der Waals surface area contributed by atoms with Gasteiger partial charge in [0.05, 0.1) is 18.8 Å². The second kappa shape index (κ2) is 7.41. The van der Waals surface area contributed by atoms with Gasteiger partial charge in [0.15, 0.2) is 0 Å². The third-order valence-corrected chi connectivity index (χ3v) is 4.46. The number of aromatic amines is 1. The van der Waals surface area contributed by atoms with Crippen LogP contribution in [0.1, 0.15) is 60.5 Å². The number of aryl methyl sites for hydroxylation is 2. The molecule has 8 heteroatoms. The van der Waals surface area contributed by atoms with Gasteiger partial charge in [-0.15, -0.1) is 0 Å². The summed E-state index contributed by atoms with van der Waals surface area (Å²) in [6, 6.07) is 3.30. The Bertz CT molecular complexity index is 855. The van der Waals surface area contributed by atoms with Crippen molar-refractivity contribution in [3.63, 3.8) is 0 Å². The van der Waals surface area contributed by atoms with Crippen molar-refractivity contribution < 1.29 is 9.53 Å². The van der Waals surface area contributed by atoms with E-state index in [1.807, 2.05) is 13.0 Å². The van der Waals surface area contributed by atoms with Crippen LogP contribution in [0, 0.1) is 6.92 Å². The summed E-state index contributed by atoms with van der Waals surface area (Å²) in [7, 11) is 0. The predicted molar refractivity (Wildman–Crippen MR) is 96.2 cm³/mol.